The van der Waals surface area contributed by atoms with Gasteiger partial charge in [-0.2, -0.15) is 17.2 Å². The summed E-state index contributed by atoms with van der Waals surface area (Å²) in [6.45, 7) is 10.9. The van der Waals surface area contributed by atoms with E-state index in [-0.39, 0.29) is 31.3 Å². The molecule has 2 heteroatoms. The number of benzene rings is 5. The maximum Gasteiger partial charge on any atom is 0 e. The van der Waals surface area contributed by atoms with Crippen LogP contribution in [0.4, 0.5) is 0 Å². The molecule has 1 aliphatic carbocycles. The van der Waals surface area contributed by atoms with Gasteiger partial charge in [-0.3, -0.25) is 6.08 Å². The topological polar surface area (TPSA) is 0 Å². The smallest absolute Gasteiger partial charge is 0 e. The first-order valence-corrected chi connectivity index (χ1v) is 17.6. The molecule has 7 rings (SSSR count). The fourth-order valence-electron chi connectivity index (χ4n) is 5.85. The molecule has 0 saturated heterocycles. The van der Waals surface area contributed by atoms with Crippen LogP contribution >= 0.6 is 7.92 Å². The molecule has 0 atom stereocenters. The van der Waals surface area contributed by atoms with Crippen molar-refractivity contribution in [1.29, 1.82) is 0 Å². The Hall–Kier alpha value is -3.51. The summed E-state index contributed by atoms with van der Waals surface area (Å²) in [6, 6.07) is 56.3. The molecule has 0 aromatic heterocycles. The second kappa shape index (κ2) is 17.6. The van der Waals surface area contributed by atoms with Crippen molar-refractivity contribution in [2.45, 2.75) is 47.5 Å². The molecule has 0 heterocycles. The molecule has 1 aliphatic rings. The standard InChI is InChI=1S/C21H16P.C14H14.C10H15.Hf/c1-3-11-19(12-4-1)22(20-13-5-2-6-14-20)21-15-17-9-7-8-10-18(17)16-21;1-3-7-13(8-4-1)11-12-14-9-5-2-6-10-14;1-7-6-10(4,5)9(3)8(7)2;/h1-16H;1-10H,11-12H2;1-5H3;/q-1;;-1;. The monoisotopic (exact) mass is 796 g/mol. The molecule has 0 spiro atoms. The maximum absolute atomic E-state index is 3.44. The Kier molecular flexibility index (Phi) is 13.6. The summed E-state index contributed by atoms with van der Waals surface area (Å²) < 4.78 is 0. The van der Waals surface area contributed by atoms with E-state index in [0.717, 1.165) is 12.8 Å². The third-order valence-electron chi connectivity index (χ3n) is 8.84. The SMILES string of the molecule is CC1=[C-]C(C)(C)C(C)=C1C.[Hf].c1ccc(CCc2ccccc2)cc1.c1ccc(P(c2ccccc2)c2cc3ccccc3[cH-]2)cc1. The Bertz CT molecular complexity index is 1750. The molecule has 0 fully saturated rings. The van der Waals surface area contributed by atoms with Gasteiger partial charge in [-0.05, 0) is 42.5 Å². The van der Waals surface area contributed by atoms with Crippen LogP contribution in [-0.2, 0) is 38.7 Å². The minimum Gasteiger partial charge on any atom is -0.263 e. The molecule has 0 bridgehead atoms. The zero-order valence-electron chi connectivity index (χ0n) is 28.4. The van der Waals surface area contributed by atoms with Crippen molar-refractivity contribution in [3.63, 3.8) is 0 Å². The van der Waals surface area contributed by atoms with Gasteiger partial charge in [0.25, 0.3) is 0 Å². The second-order valence-electron chi connectivity index (χ2n) is 12.4. The molecule has 236 valence electrons. The molecular formula is C45H45HfP-2. The van der Waals surface area contributed by atoms with Gasteiger partial charge in [0, 0.05) is 25.8 Å². The van der Waals surface area contributed by atoms with Crippen molar-refractivity contribution in [1.82, 2.24) is 0 Å². The molecular weight excluding hydrogens is 750 g/mol. The normalized spacial score (nSPS) is 13.2. The van der Waals surface area contributed by atoms with E-state index >= 15 is 0 Å². The summed E-state index contributed by atoms with van der Waals surface area (Å²) in [5, 5.41) is 6.89. The van der Waals surface area contributed by atoms with Crippen LogP contribution < -0.4 is 15.9 Å². The summed E-state index contributed by atoms with van der Waals surface area (Å²) in [4.78, 5) is 0. The molecule has 0 N–H and O–H groups in total. The average molecular weight is 795 g/mol. The van der Waals surface area contributed by atoms with Crippen molar-refractivity contribution in [2.75, 3.05) is 0 Å². The second-order valence-corrected chi connectivity index (χ2v) is 14.7. The zero-order valence-corrected chi connectivity index (χ0v) is 32.9. The average Bonchev–Trinajstić information content (AvgIpc) is 3.59. The van der Waals surface area contributed by atoms with Gasteiger partial charge in [-0.15, -0.1) is 47.3 Å². The van der Waals surface area contributed by atoms with Crippen LogP contribution in [0.5, 0.6) is 0 Å². The van der Waals surface area contributed by atoms with E-state index in [1.165, 1.54) is 54.5 Å². The van der Waals surface area contributed by atoms with E-state index in [0.29, 0.717) is 0 Å². The summed E-state index contributed by atoms with van der Waals surface area (Å²) >= 11 is 0. The van der Waals surface area contributed by atoms with Gasteiger partial charge < -0.3 is 0 Å². The molecule has 6 aromatic carbocycles. The van der Waals surface area contributed by atoms with Gasteiger partial charge in [0.1, 0.15) is 0 Å². The van der Waals surface area contributed by atoms with Crippen LogP contribution in [0.2, 0.25) is 0 Å². The summed E-state index contributed by atoms with van der Waals surface area (Å²) in [5.74, 6) is 0. The maximum atomic E-state index is 3.44. The predicted octanol–water partition coefficient (Wildman–Crippen LogP) is 10.9. The summed E-state index contributed by atoms with van der Waals surface area (Å²) in [6.07, 6.45) is 5.69. The first-order valence-electron chi connectivity index (χ1n) is 16.3. The summed E-state index contributed by atoms with van der Waals surface area (Å²) in [7, 11) is -0.493. The molecule has 6 aromatic rings. The molecule has 47 heavy (non-hydrogen) atoms. The van der Waals surface area contributed by atoms with Crippen LogP contribution in [0.25, 0.3) is 10.8 Å². The van der Waals surface area contributed by atoms with Crippen LogP contribution in [-0.4, -0.2) is 0 Å². The van der Waals surface area contributed by atoms with Gasteiger partial charge in [-0.25, -0.2) is 5.57 Å². The van der Waals surface area contributed by atoms with Crippen LogP contribution in [0.15, 0.2) is 174 Å². The first kappa shape index (κ1) is 36.3. The van der Waals surface area contributed by atoms with Crippen LogP contribution in [0.3, 0.4) is 0 Å². The Balaban J connectivity index is 0.000000172. The molecule has 0 radical (unpaired) electrons. The molecule has 0 nitrogen and oxygen atoms in total. The van der Waals surface area contributed by atoms with E-state index in [9.17, 15) is 0 Å². The van der Waals surface area contributed by atoms with E-state index in [1.807, 2.05) is 0 Å². The Labute approximate surface area is 303 Å². The number of fused-ring (bicyclic) bond motifs is 1. The minimum absolute atomic E-state index is 0. The Morgan fingerprint density at radius 2 is 1.00 bits per heavy atom. The van der Waals surface area contributed by atoms with Crippen molar-refractivity contribution in [2.24, 2.45) is 5.41 Å². The predicted molar refractivity (Wildman–Crippen MR) is 203 cm³/mol. The quantitative estimate of drug-likeness (QED) is 0.0895. The number of rotatable bonds is 6. The Morgan fingerprint density at radius 3 is 1.38 bits per heavy atom. The van der Waals surface area contributed by atoms with E-state index < -0.39 is 7.92 Å². The van der Waals surface area contributed by atoms with Crippen molar-refractivity contribution < 1.29 is 25.8 Å². The number of hydrogen-bond acceptors (Lipinski definition) is 0. The minimum atomic E-state index is -0.493. The first-order chi connectivity index (χ1) is 22.3. The fourth-order valence-corrected chi connectivity index (χ4v) is 8.22. The largest absolute Gasteiger partial charge is 0.263 e. The van der Waals surface area contributed by atoms with Gasteiger partial charge >= 0.3 is 0 Å². The number of hydrogen-bond donors (Lipinski definition) is 0. The number of aryl methyl sites for hydroxylation is 2. The van der Waals surface area contributed by atoms with Crippen molar-refractivity contribution in [3.8, 4) is 0 Å². The van der Waals surface area contributed by atoms with E-state index in [4.69, 9.17) is 0 Å². The third kappa shape index (κ3) is 9.99. The fraction of sp³-hybridized carbons (Fsp3) is 0.178. The van der Waals surface area contributed by atoms with Crippen LogP contribution in [0.1, 0.15) is 45.7 Å². The molecule has 0 amide bonds. The zero-order chi connectivity index (χ0) is 32.4. The number of allylic oxidation sites excluding steroid dienone is 4. The molecule has 0 aliphatic heterocycles. The van der Waals surface area contributed by atoms with E-state index in [1.54, 1.807) is 0 Å². The molecule has 0 unspecified atom stereocenters. The van der Waals surface area contributed by atoms with Crippen LogP contribution in [0, 0.1) is 11.5 Å². The summed E-state index contributed by atoms with van der Waals surface area (Å²) in [5.41, 5.74) is 7.22. The van der Waals surface area contributed by atoms with Gasteiger partial charge in [0.2, 0.25) is 0 Å². The van der Waals surface area contributed by atoms with Gasteiger partial charge in [0.05, 0.1) is 0 Å². The van der Waals surface area contributed by atoms with Crippen molar-refractivity contribution in [3.05, 3.63) is 192 Å². The third-order valence-corrected chi connectivity index (χ3v) is 11.2. The van der Waals surface area contributed by atoms with E-state index in [2.05, 4.69) is 198 Å². The van der Waals surface area contributed by atoms with Gasteiger partial charge in [0.15, 0.2) is 0 Å². The Morgan fingerprint density at radius 1 is 0.574 bits per heavy atom. The van der Waals surface area contributed by atoms with Gasteiger partial charge in [-0.1, -0.05) is 161 Å². The van der Waals surface area contributed by atoms with Crippen molar-refractivity contribution >= 4 is 34.6 Å². The molecule has 0 saturated carbocycles.